The lowest BCUT2D eigenvalue weighted by molar-refractivity contribution is 0.0580. The zero-order valence-corrected chi connectivity index (χ0v) is 22.2. The van der Waals surface area contributed by atoms with E-state index in [1.807, 2.05) is 0 Å². The van der Waals surface area contributed by atoms with E-state index < -0.39 is 0 Å². The Morgan fingerprint density at radius 1 is 0.419 bits per heavy atom. The Balaban J connectivity index is 3.57. The van der Waals surface area contributed by atoms with E-state index in [9.17, 15) is 0 Å². The average Bonchev–Trinajstić information content (AvgIpc) is 2.79. The molecule has 0 aromatic carbocycles. The molecule has 0 aliphatic carbocycles. The highest BCUT2D eigenvalue weighted by molar-refractivity contribution is 4.64. The van der Waals surface area contributed by atoms with Gasteiger partial charge in [0.25, 0.3) is 0 Å². The summed E-state index contributed by atoms with van der Waals surface area (Å²) in [6, 6.07) is 0. The number of ether oxygens (including phenoxy) is 2. The van der Waals surface area contributed by atoms with E-state index in [0.717, 1.165) is 26.4 Å². The summed E-state index contributed by atoms with van der Waals surface area (Å²) in [7, 11) is 0. The Bertz CT molecular complexity index is 318. The molecule has 0 aliphatic rings. The van der Waals surface area contributed by atoms with Crippen LogP contribution in [0.5, 0.6) is 0 Å². The van der Waals surface area contributed by atoms with E-state index in [-0.39, 0.29) is 0 Å². The molecule has 0 saturated carbocycles. The van der Waals surface area contributed by atoms with Crippen LogP contribution in [-0.4, -0.2) is 26.4 Å². The fourth-order valence-electron chi connectivity index (χ4n) is 4.35. The van der Waals surface area contributed by atoms with Gasteiger partial charge < -0.3 is 9.47 Å². The van der Waals surface area contributed by atoms with E-state index >= 15 is 0 Å². The van der Waals surface area contributed by atoms with Crippen LogP contribution in [0.1, 0.15) is 150 Å². The van der Waals surface area contributed by atoms with Gasteiger partial charge in [-0.15, -0.1) is 0 Å². The Kier molecular flexibility index (Phi) is 26.1. The average molecular weight is 441 g/mol. The van der Waals surface area contributed by atoms with E-state index in [4.69, 9.17) is 9.47 Å². The van der Waals surface area contributed by atoms with Gasteiger partial charge >= 0.3 is 0 Å². The van der Waals surface area contributed by atoms with E-state index in [0.29, 0.717) is 11.8 Å². The van der Waals surface area contributed by atoms with Gasteiger partial charge in [0.15, 0.2) is 0 Å². The summed E-state index contributed by atoms with van der Waals surface area (Å²) in [6.45, 7) is 13.0. The third-order valence-electron chi connectivity index (χ3n) is 6.81. The molecule has 0 aromatic heterocycles. The van der Waals surface area contributed by atoms with Crippen molar-refractivity contribution in [1.82, 2.24) is 0 Å². The molecular weight excluding hydrogens is 380 g/mol. The molecule has 0 rings (SSSR count). The molecular formula is C29H60O2. The fraction of sp³-hybridized carbons (Fsp3) is 1.00. The number of rotatable bonds is 26. The Labute approximate surface area is 197 Å². The van der Waals surface area contributed by atoms with Gasteiger partial charge in [-0.1, -0.05) is 130 Å². The smallest absolute Gasteiger partial charge is 0.0494 e. The summed E-state index contributed by atoms with van der Waals surface area (Å²) in [5.74, 6) is 1.40. The standard InChI is InChI=1S/C29H60O2/c1-5-9-11-13-15-16-17-18-20-22-24-31-27-29(8-4)25-28(7-3)26-30-23-21-19-14-12-10-6-2/h28-29H,5-27H2,1-4H3. The third kappa shape index (κ3) is 22.9. The minimum absolute atomic E-state index is 0.700. The maximum absolute atomic E-state index is 6.05. The molecule has 0 bridgehead atoms. The largest absolute Gasteiger partial charge is 0.381 e. The molecule has 0 amide bonds. The van der Waals surface area contributed by atoms with Crippen molar-refractivity contribution >= 4 is 0 Å². The van der Waals surface area contributed by atoms with Crippen LogP contribution in [0.15, 0.2) is 0 Å². The van der Waals surface area contributed by atoms with Gasteiger partial charge in [0.05, 0.1) is 0 Å². The molecule has 0 aliphatic heterocycles. The zero-order chi connectivity index (χ0) is 22.8. The Morgan fingerprint density at radius 2 is 0.742 bits per heavy atom. The van der Waals surface area contributed by atoms with Crippen molar-refractivity contribution in [3.63, 3.8) is 0 Å². The zero-order valence-electron chi connectivity index (χ0n) is 22.2. The van der Waals surface area contributed by atoms with Gasteiger partial charge in [0.2, 0.25) is 0 Å². The molecule has 0 saturated heterocycles. The minimum atomic E-state index is 0.700. The second kappa shape index (κ2) is 26.2. The van der Waals surface area contributed by atoms with Gasteiger partial charge in [-0.3, -0.25) is 0 Å². The highest BCUT2D eigenvalue weighted by Crippen LogP contribution is 2.20. The van der Waals surface area contributed by atoms with Crippen LogP contribution in [0.4, 0.5) is 0 Å². The van der Waals surface area contributed by atoms with Gasteiger partial charge in [-0.25, -0.2) is 0 Å². The van der Waals surface area contributed by atoms with Crippen molar-refractivity contribution in [3.8, 4) is 0 Å². The van der Waals surface area contributed by atoms with E-state index in [1.165, 1.54) is 122 Å². The van der Waals surface area contributed by atoms with Crippen molar-refractivity contribution in [1.29, 1.82) is 0 Å². The van der Waals surface area contributed by atoms with Crippen LogP contribution in [0.25, 0.3) is 0 Å². The SMILES string of the molecule is CCCCCCCCCCCCOCC(CC)CC(CC)COCCCCCCCC. The van der Waals surface area contributed by atoms with Crippen molar-refractivity contribution in [2.24, 2.45) is 11.8 Å². The molecule has 2 heteroatoms. The van der Waals surface area contributed by atoms with Crippen molar-refractivity contribution in [3.05, 3.63) is 0 Å². The predicted octanol–water partition coefficient (Wildman–Crippen LogP) is 9.74. The molecule has 2 nitrogen and oxygen atoms in total. The van der Waals surface area contributed by atoms with Gasteiger partial charge in [0.1, 0.15) is 0 Å². The number of hydrogen-bond donors (Lipinski definition) is 0. The lowest BCUT2D eigenvalue weighted by atomic mass is 9.92. The maximum atomic E-state index is 6.05. The molecule has 0 spiro atoms. The van der Waals surface area contributed by atoms with E-state index in [2.05, 4.69) is 27.7 Å². The molecule has 0 heterocycles. The van der Waals surface area contributed by atoms with Crippen molar-refractivity contribution < 1.29 is 9.47 Å². The van der Waals surface area contributed by atoms with Crippen LogP contribution < -0.4 is 0 Å². The highest BCUT2D eigenvalue weighted by atomic mass is 16.5. The summed E-state index contributed by atoms with van der Waals surface area (Å²) < 4.78 is 12.1. The molecule has 0 N–H and O–H groups in total. The van der Waals surface area contributed by atoms with Crippen LogP contribution in [0.2, 0.25) is 0 Å². The summed E-state index contributed by atoms with van der Waals surface area (Å²) in [5, 5.41) is 0. The first-order valence-electron chi connectivity index (χ1n) is 14.4. The number of hydrogen-bond acceptors (Lipinski definition) is 2. The first kappa shape index (κ1) is 30.9. The maximum Gasteiger partial charge on any atom is 0.0494 e. The molecule has 0 radical (unpaired) electrons. The van der Waals surface area contributed by atoms with Crippen molar-refractivity contribution in [2.75, 3.05) is 26.4 Å². The molecule has 2 unspecified atom stereocenters. The number of unbranched alkanes of at least 4 members (excludes halogenated alkanes) is 14. The van der Waals surface area contributed by atoms with Crippen LogP contribution in [0, 0.1) is 11.8 Å². The van der Waals surface area contributed by atoms with Gasteiger partial charge in [0, 0.05) is 26.4 Å². The monoisotopic (exact) mass is 440 g/mol. The van der Waals surface area contributed by atoms with Crippen LogP contribution in [-0.2, 0) is 9.47 Å². The molecule has 2 atom stereocenters. The van der Waals surface area contributed by atoms with Crippen LogP contribution in [0.3, 0.4) is 0 Å². The van der Waals surface area contributed by atoms with E-state index in [1.54, 1.807) is 0 Å². The van der Waals surface area contributed by atoms with Crippen molar-refractivity contribution in [2.45, 2.75) is 150 Å². The Hall–Kier alpha value is -0.0800. The lowest BCUT2D eigenvalue weighted by Gasteiger charge is -2.22. The second-order valence-corrected chi connectivity index (χ2v) is 9.88. The molecule has 0 aromatic rings. The first-order chi connectivity index (χ1) is 15.3. The molecule has 188 valence electrons. The van der Waals surface area contributed by atoms with Crippen LogP contribution >= 0.6 is 0 Å². The quantitative estimate of drug-likeness (QED) is 0.125. The summed E-state index contributed by atoms with van der Waals surface area (Å²) >= 11 is 0. The topological polar surface area (TPSA) is 18.5 Å². The summed E-state index contributed by atoms with van der Waals surface area (Å²) in [5.41, 5.74) is 0. The summed E-state index contributed by atoms with van der Waals surface area (Å²) in [6.07, 6.45) is 25.7. The van der Waals surface area contributed by atoms with Gasteiger partial charge in [-0.05, 0) is 31.1 Å². The second-order valence-electron chi connectivity index (χ2n) is 9.88. The minimum Gasteiger partial charge on any atom is -0.381 e. The fourth-order valence-corrected chi connectivity index (χ4v) is 4.35. The molecule has 0 fully saturated rings. The first-order valence-corrected chi connectivity index (χ1v) is 14.4. The highest BCUT2D eigenvalue weighted by Gasteiger charge is 2.14. The Morgan fingerprint density at radius 3 is 1.06 bits per heavy atom. The lowest BCUT2D eigenvalue weighted by Crippen LogP contribution is -2.18. The normalized spacial score (nSPS) is 13.5. The van der Waals surface area contributed by atoms with Gasteiger partial charge in [-0.2, -0.15) is 0 Å². The summed E-state index contributed by atoms with van der Waals surface area (Å²) in [4.78, 5) is 0. The third-order valence-corrected chi connectivity index (χ3v) is 6.81. The predicted molar refractivity (Wildman–Crippen MR) is 139 cm³/mol. The molecule has 31 heavy (non-hydrogen) atoms.